The van der Waals surface area contributed by atoms with Crippen LogP contribution in [0.3, 0.4) is 0 Å². The molecule has 3 amide bonds. The molecule has 1 aromatic rings. The number of carboxylic acids is 1. The largest absolute Gasteiger partial charge is 0.480 e. The molecule has 12 nitrogen and oxygen atoms in total. The van der Waals surface area contributed by atoms with Crippen LogP contribution < -0.4 is 22.1 Å². The van der Waals surface area contributed by atoms with Gasteiger partial charge < -0.3 is 37.3 Å². The van der Waals surface area contributed by atoms with E-state index in [-0.39, 0.29) is 6.42 Å². The summed E-state index contributed by atoms with van der Waals surface area (Å²) < 4.78 is 0. The Kier molecular flexibility index (Phi) is 7.68. The maximum absolute atomic E-state index is 12.3. The van der Waals surface area contributed by atoms with E-state index in [0.29, 0.717) is 5.69 Å². The van der Waals surface area contributed by atoms with Crippen LogP contribution in [0, 0.1) is 0 Å². The van der Waals surface area contributed by atoms with Gasteiger partial charge in [-0.3, -0.25) is 14.4 Å². The minimum atomic E-state index is -1.44. The van der Waals surface area contributed by atoms with E-state index in [9.17, 15) is 29.4 Å². The van der Waals surface area contributed by atoms with Gasteiger partial charge in [0.25, 0.3) is 0 Å². The van der Waals surface area contributed by atoms with Crippen molar-refractivity contribution < 1.29 is 29.4 Å². The van der Waals surface area contributed by atoms with Crippen LogP contribution in [0.2, 0.25) is 0 Å². The highest BCUT2D eigenvalue weighted by atomic mass is 16.4. The quantitative estimate of drug-likeness (QED) is 0.220. The van der Waals surface area contributed by atoms with E-state index in [1.807, 2.05) is 0 Å². The highest BCUT2D eigenvalue weighted by molar-refractivity contribution is 5.94. The molecular weight excluding hydrogens is 348 g/mol. The van der Waals surface area contributed by atoms with Gasteiger partial charge in [-0.05, 0) is 6.92 Å². The van der Waals surface area contributed by atoms with Crippen LogP contribution >= 0.6 is 0 Å². The molecule has 0 aliphatic heterocycles. The molecule has 144 valence electrons. The molecule has 0 radical (unpaired) electrons. The fourth-order valence-electron chi connectivity index (χ4n) is 1.99. The number of carboxylic acid groups (broad SMARTS) is 1. The van der Waals surface area contributed by atoms with E-state index in [4.69, 9.17) is 11.5 Å². The Morgan fingerprint density at radius 1 is 1.23 bits per heavy atom. The summed E-state index contributed by atoms with van der Waals surface area (Å²) in [5.74, 6) is -4.03. The van der Waals surface area contributed by atoms with E-state index >= 15 is 0 Å². The average molecular weight is 370 g/mol. The maximum Gasteiger partial charge on any atom is 0.326 e. The number of carbonyl (C=O) groups excluding carboxylic acids is 3. The van der Waals surface area contributed by atoms with E-state index in [0.717, 1.165) is 0 Å². The number of aliphatic hydroxyl groups is 1. The number of amides is 3. The third-order valence-corrected chi connectivity index (χ3v) is 3.45. The normalized spacial score (nSPS) is 15.3. The molecule has 26 heavy (non-hydrogen) atoms. The van der Waals surface area contributed by atoms with Crippen molar-refractivity contribution in [2.75, 3.05) is 0 Å². The summed E-state index contributed by atoms with van der Waals surface area (Å²) in [6.45, 7) is 1.28. The van der Waals surface area contributed by atoms with Gasteiger partial charge in [0, 0.05) is 18.3 Å². The van der Waals surface area contributed by atoms with E-state index in [1.165, 1.54) is 19.4 Å². The van der Waals surface area contributed by atoms with Crippen LogP contribution in [0.1, 0.15) is 19.0 Å². The Bertz CT molecular complexity index is 646. The Balaban J connectivity index is 2.84. The minimum Gasteiger partial charge on any atom is -0.480 e. The number of primary amides is 1. The predicted molar refractivity (Wildman–Crippen MR) is 87.3 cm³/mol. The fourth-order valence-corrected chi connectivity index (χ4v) is 1.99. The number of nitrogens with two attached hydrogens (primary N) is 2. The number of aliphatic carboxylic acids is 1. The number of hydrogen-bond donors (Lipinski definition) is 7. The van der Waals surface area contributed by atoms with Crippen molar-refractivity contribution in [2.24, 2.45) is 11.5 Å². The van der Waals surface area contributed by atoms with Crippen molar-refractivity contribution in [3.05, 3.63) is 18.2 Å². The van der Waals surface area contributed by atoms with Gasteiger partial charge in [0.1, 0.15) is 18.1 Å². The lowest BCUT2D eigenvalue weighted by Crippen LogP contribution is -2.57. The summed E-state index contributed by atoms with van der Waals surface area (Å²) in [5.41, 5.74) is 11.0. The molecule has 1 aromatic heterocycles. The maximum atomic E-state index is 12.3. The van der Waals surface area contributed by atoms with Gasteiger partial charge in [0.05, 0.1) is 18.9 Å². The van der Waals surface area contributed by atoms with Crippen molar-refractivity contribution in [3.63, 3.8) is 0 Å². The smallest absolute Gasteiger partial charge is 0.326 e. The van der Waals surface area contributed by atoms with Crippen LogP contribution in [0.4, 0.5) is 0 Å². The number of H-pyrrole nitrogens is 1. The molecule has 0 aromatic carbocycles. The van der Waals surface area contributed by atoms with Crippen LogP contribution in [-0.2, 0) is 25.6 Å². The highest BCUT2D eigenvalue weighted by Crippen LogP contribution is 2.02. The third-order valence-electron chi connectivity index (χ3n) is 3.45. The Morgan fingerprint density at radius 3 is 2.31 bits per heavy atom. The number of aliphatic hydroxyl groups excluding tert-OH is 1. The van der Waals surface area contributed by atoms with Crippen molar-refractivity contribution in [1.29, 1.82) is 0 Å². The summed E-state index contributed by atoms with van der Waals surface area (Å²) in [5, 5.41) is 23.0. The van der Waals surface area contributed by atoms with Crippen molar-refractivity contribution in [2.45, 2.75) is 44.0 Å². The standard InChI is InChI=1S/C14H22N6O6/c1-6(21)11(16)13(24)19-8(3-10(15)22)12(23)20-9(14(25)26)2-7-4-17-5-18-7/h4-6,8-9,11,21H,2-3,16H2,1H3,(H2,15,22)(H,17,18)(H,19,24)(H,20,23)(H,25,26)/t6-,8+,9+,11+/m1/s1. The number of nitrogens with one attached hydrogen (secondary N) is 3. The van der Waals surface area contributed by atoms with Crippen molar-refractivity contribution >= 4 is 23.7 Å². The molecule has 0 saturated carbocycles. The molecule has 0 saturated heterocycles. The Labute approximate surface area is 148 Å². The van der Waals surface area contributed by atoms with E-state index in [2.05, 4.69) is 20.6 Å². The highest BCUT2D eigenvalue weighted by Gasteiger charge is 2.30. The Morgan fingerprint density at radius 2 is 1.85 bits per heavy atom. The SMILES string of the molecule is C[C@@H](O)[C@H](N)C(=O)N[C@@H](CC(N)=O)C(=O)N[C@@H](Cc1cnc[nH]1)C(=O)O. The first-order valence-corrected chi connectivity index (χ1v) is 7.64. The molecule has 4 atom stereocenters. The summed E-state index contributed by atoms with van der Waals surface area (Å²) in [6, 6.07) is -4.10. The number of aromatic nitrogens is 2. The second-order valence-corrected chi connectivity index (χ2v) is 5.68. The summed E-state index contributed by atoms with van der Waals surface area (Å²) in [7, 11) is 0. The second-order valence-electron chi connectivity index (χ2n) is 5.68. The van der Waals surface area contributed by atoms with Crippen molar-refractivity contribution in [1.82, 2.24) is 20.6 Å². The van der Waals surface area contributed by atoms with Gasteiger partial charge >= 0.3 is 5.97 Å². The van der Waals surface area contributed by atoms with Crippen LogP contribution in [0.5, 0.6) is 0 Å². The molecule has 0 spiro atoms. The molecule has 0 aliphatic carbocycles. The average Bonchev–Trinajstić information content (AvgIpc) is 3.04. The second kappa shape index (κ2) is 9.48. The lowest BCUT2D eigenvalue weighted by atomic mass is 10.1. The van der Waals surface area contributed by atoms with Gasteiger partial charge in [-0.15, -0.1) is 0 Å². The van der Waals surface area contributed by atoms with Crippen LogP contribution in [0.25, 0.3) is 0 Å². The van der Waals surface area contributed by atoms with Gasteiger partial charge in [-0.1, -0.05) is 0 Å². The van der Waals surface area contributed by atoms with E-state index < -0.39 is 54.3 Å². The number of imidazole rings is 1. The molecule has 9 N–H and O–H groups in total. The first-order valence-electron chi connectivity index (χ1n) is 7.64. The molecule has 0 fully saturated rings. The fraction of sp³-hybridized carbons (Fsp3) is 0.500. The lowest BCUT2D eigenvalue weighted by Gasteiger charge is -2.22. The van der Waals surface area contributed by atoms with Gasteiger partial charge in [-0.2, -0.15) is 0 Å². The summed E-state index contributed by atoms with van der Waals surface area (Å²) in [6.07, 6.45) is 0.890. The number of rotatable bonds is 10. The zero-order valence-corrected chi connectivity index (χ0v) is 14.0. The monoisotopic (exact) mass is 370 g/mol. The van der Waals surface area contributed by atoms with Crippen LogP contribution in [0.15, 0.2) is 12.5 Å². The predicted octanol–water partition coefficient (Wildman–Crippen LogP) is -3.41. The first-order chi connectivity index (χ1) is 12.1. The summed E-state index contributed by atoms with van der Waals surface area (Å²) >= 11 is 0. The molecular formula is C14H22N6O6. The van der Waals surface area contributed by atoms with E-state index in [1.54, 1.807) is 0 Å². The number of hydrogen-bond acceptors (Lipinski definition) is 7. The number of nitrogens with zero attached hydrogens (tertiary/aromatic N) is 1. The Hall–Kier alpha value is -2.99. The van der Waals surface area contributed by atoms with Gasteiger partial charge in [0.15, 0.2) is 0 Å². The molecule has 0 aliphatic rings. The topological polar surface area (TPSA) is 214 Å². The summed E-state index contributed by atoms with van der Waals surface area (Å²) in [4.78, 5) is 53.2. The third kappa shape index (κ3) is 6.49. The number of aromatic amines is 1. The van der Waals surface area contributed by atoms with Gasteiger partial charge in [-0.25, -0.2) is 9.78 Å². The zero-order valence-electron chi connectivity index (χ0n) is 14.0. The molecule has 12 heteroatoms. The van der Waals surface area contributed by atoms with Crippen molar-refractivity contribution in [3.8, 4) is 0 Å². The zero-order chi connectivity index (χ0) is 19.9. The minimum absolute atomic E-state index is 0.0918. The number of carbonyl (C=O) groups is 4. The van der Waals surface area contributed by atoms with Crippen LogP contribution in [-0.4, -0.2) is 68.1 Å². The van der Waals surface area contributed by atoms with Gasteiger partial charge in [0.2, 0.25) is 17.7 Å². The molecule has 0 bridgehead atoms. The molecule has 1 rings (SSSR count). The lowest BCUT2D eigenvalue weighted by molar-refractivity contribution is -0.142. The molecule has 1 heterocycles. The first kappa shape index (κ1) is 21.1. The molecule has 0 unspecified atom stereocenters.